The van der Waals surface area contributed by atoms with Crippen molar-refractivity contribution in [3.8, 4) is 0 Å². The fraction of sp³-hybridized carbons (Fsp3) is 0.500. The zero-order valence-electron chi connectivity index (χ0n) is 5.54. The van der Waals surface area contributed by atoms with Gasteiger partial charge < -0.3 is 19.8 Å². The molecule has 4 nitrogen and oxygen atoms in total. The molecule has 0 aromatic rings. The quantitative estimate of drug-likeness (QED) is 0.684. The Balaban J connectivity index is -0.0000000886. The topological polar surface area (TPSA) is 74.6 Å². The van der Waals surface area contributed by atoms with Gasteiger partial charge in [0.2, 0.25) is 0 Å². The van der Waals surface area contributed by atoms with E-state index in [4.69, 9.17) is 36.8 Å². The molecule has 0 saturated heterocycles. The van der Waals surface area contributed by atoms with Crippen LogP contribution in [-0.4, -0.2) is 36.0 Å². The van der Waals surface area contributed by atoms with Gasteiger partial charge in [0.25, 0.3) is 0 Å². The van der Waals surface area contributed by atoms with Gasteiger partial charge in [0.1, 0.15) is 12.6 Å². The number of aliphatic hydroxyl groups is 2. The van der Waals surface area contributed by atoms with Gasteiger partial charge in [-0.2, -0.15) is 0 Å². The van der Waals surface area contributed by atoms with E-state index in [0.29, 0.717) is 12.6 Å². The predicted octanol–water partition coefficient (Wildman–Crippen LogP) is -0.268. The van der Waals surface area contributed by atoms with Crippen molar-refractivity contribution in [3.63, 3.8) is 0 Å². The van der Waals surface area contributed by atoms with Gasteiger partial charge in [0, 0.05) is 0 Å². The molecule has 0 aliphatic heterocycles. The van der Waals surface area contributed by atoms with E-state index in [-0.39, 0.29) is 13.2 Å². The van der Waals surface area contributed by atoms with Crippen molar-refractivity contribution in [3.05, 3.63) is 0 Å². The zero-order valence-corrected chi connectivity index (χ0v) is 9.51. The minimum atomic E-state index is -0.826. The molecule has 0 aromatic carbocycles. The molecule has 0 rings (SSSR count). The van der Waals surface area contributed by atoms with E-state index < -0.39 is 20.8 Å². The number of aldehydes is 2. The zero-order chi connectivity index (χ0) is 9.54. The summed E-state index contributed by atoms with van der Waals surface area (Å²) in [4.78, 5) is 17.8. The van der Waals surface area contributed by atoms with Crippen LogP contribution >= 0.6 is 17.0 Å². The second kappa shape index (κ2) is 31.0. The average Bonchev–Trinajstić information content (AvgIpc) is 2.06. The maximum absolute atomic E-state index is 8.92. The first-order chi connectivity index (χ1) is 5.24. The molecule has 0 aromatic heterocycles. The molecule has 66 valence electrons. The van der Waals surface area contributed by atoms with Crippen molar-refractivity contribution >= 4 is 29.6 Å². The number of aliphatic hydroxyl groups excluding tert-OH is 2. The van der Waals surface area contributed by atoms with Gasteiger partial charge in [-0.05, 0) is 0 Å². The molecule has 0 amide bonds. The summed E-state index contributed by atoms with van der Waals surface area (Å²) in [6.07, 6.45) is 0.861. The van der Waals surface area contributed by atoms with Crippen LogP contribution in [-0.2, 0) is 30.4 Å². The monoisotopic (exact) mass is 280 g/mol. The summed E-state index contributed by atoms with van der Waals surface area (Å²) in [5.74, 6) is 0. The van der Waals surface area contributed by atoms with Gasteiger partial charge in [0.15, 0.2) is 0 Å². The number of halogens is 2. The summed E-state index contributed by atoms with van der Waals surface area (Å²) in [6.45, 7) is -0.722. The van der Waals surface area contributed by atoms with Crippen LogP contribution in [0.1, 0.15) is 0 Å². The molecule has 2 N–H and O–H groups in total. The molecule has 7 heteroatoms. The minimum absolute atomic E-state index is 0.361. The third kappa shape index (κ3) is 110. The van der Waals surface area contributed by atoms with Crippen LogP contribution in [0, 0.1) is 0 Å². The van der Waals surface area contributed by atoms with Crippen LogP contribution < -0.4 is 0 Å². The third-order valence-electron chi connectivity index (χ3n) is 0.149. The molecule has 11 heavy (non-hydrogen) atoms. The number of hydrogen-bond donors (Lipinski definition) is 2. The number of rotatable bonds is 2. The molecule has 0 heterocycles. The molecule has 0 aliphatic rings. The molecule has 0 saturated carbocycles. The van der Waals surface area contributed by atoms with Crippen molar-refractivity contribution in [2.75, 3.05) is 13.2 Å². The molecule has 0 atom stereocenters. The fourth-order valence-corrected chi connectivity index (χ4v) is 0. The average molecular weight is 282 g/mol. The van der Waals surface area contributed by atoms with Gasteiger partial charge in [-0.3, -0.25) is 0 Å². The maximum atomic E-state index is 8.92. The van der Waals surface area contributed by atoms with Crippen LogP contribution in [0.25, 0.3) is 0 Å². The number of carbonyl (C=O) groups is 2. The van der Waals surface area contributed by atoms with Crippen molar-refractivity contribution in [2.45, 2.75) is 0 Å². The van der Waals surface area contributed by atoms with E-state index >= 15 is 0 Å². The first-order valence-corrected chi connectivity index (χ1v) is 8.63. The summed E-state index contributed by atoms with van der Waals surface area (Å²) in [7, 11) is 9.87. The second-order valence-corrected chi connectivity index (χ2v) is 4.50. The van der Waals surface area contributed by atoms with Crippen LogP contribution in [0.5, 0.6) is 0 Å². The summed E-state index contributed by atoms with van der Waals surface area (Å²) in [5, 5.41) is 15.0. The Morgan fingerprint density at radius 2 is 1.18 bits per heavy atom. The fourth-order valence-electron chi connectivity index (χ4n) is 0. The van der Waals surface area contributed by atoms with Gasteiger partial charge in [0.05, 0.1) is 13.2 Å². The van der Waals surface area contributed by atoms with Gasteiger partial charge in [-0.25, -0.2) is 0 Å². The van der Waals surface area contributed by atoms with Crippen molar-refractivity contribution < 1.29 is 40.7 Å². The molecule has 0 unspecified atom stereocenters. The van der Waals surface area contributed by atoms with Crippen LogP contribution in [0.15, 0.2) is 0 Å². The first-order valence-electron chi connectivity index (χ1n) is 2.30. The van der Waals surface area contributed by atoms with E-state index in [1.165, 1.54) is 0 Å². The number of hydrogen-bond acceptors (Lipinski definition) is 4. The Hall–Kier alpha value is 0.723. The van der Waals surface area contributed by atoms with Gasteiger partial charge in [-0.1, -0.05) is 0 Å². The normalized spacial score (nSPS) is 5.82. The summed E-state index contributed by atoms with van der Waals surface area (Å²) < 4.78 is 0. The van der Waals surface area contributed by atoms with E-state index in [2.05, 4.69) is 0 Å². The third-order valence-corrected chi connectivity index (χ3v) is 0.149. The van der Waals surface area contributed by atoms with E-state index in [1.807, 2.05) is 0 Å². The van der Waals surface area contributed by atoms with E-state index in [0.717, 1.165) is 0 Å². The Kier molecular flexibility index (Phi) is 49.8. The number of carbonyl (C=O) groups excluding carboxylic acids is 2. The van der Waals surface area contributed by atoms with E-state index in [9.17, 15) is 0 Å². The van der Waals surface area contributed by atoms with Crippen molar-refractivity contribution in [2.24, 2.45) is 0 Å². The molecule has 0 radical (unpaired) electrons. The summed E-state index contributed by atoms with van der Waals surface area (Å²) in [6, 6.07) is 0. The second-order valence-electron chi connectivity index (χ2n) is 0.770. The Labute approximate surface area is 83.2 Å². The molecule has 0 aliphatic carbocycles. The molecule has 0 spiro atoms. The SMILES string of the molecule is O=CCO.O=CCO.[Cl][Zr][Cl]. The molecule has 0 fully saturated rings. The van der Waals surface area contributed by atoms with Crippen LogP contribution in [0.4, 0.5) is 0 Å². The van der Waals surface area contributed by atoms with Crippen molar-refractivity contribution in [1.82, 2.24) is 0 Å². The molecular weight excluding hydrogens is 274 g/mol. The first kappa shape index (κ1) is 17.7. The predicted molar refractivity (Wildman–Crippen MR) is 38.0 cm³/mol. The Morgan fingerprint density at radius 1 is 1.09 bits per heavy atom. The van der Waals surface area contributed by atoms with Gasteiger partial charge in [-0.15, -0.1) is 0 Å². The van der Waals surface area contributed by atoms with E-state index in [1.54, 1.807) is 0 Å². The summed E-state index contributed by atoms with van der Waals surface area (Å²) in [5.41, 5.74) is 0. The molecule has 0 bridgehead atoms. The van der Waals surface area contributed by atoms with Gasteiger partial charge >= 0.3 is 37.9 Å². The van der Waals surface area contributed by atoms with Crippen LogP contribution in [0.3, 0.4) is 0 Å². The Bertz CT molecular complexity index is 65.1. The summed E-state index contributed by atoms with van der Waals surface area (Å²) >= 11 is -0.826. The molecular formula is C4H8Cl2O4Zr. The standard InChI is InChI=1S/2C2H4O2.2ClH.Zr/c2*3-1-2-4;;;/h2*1,4H,2H2;2*1H;/q;;;;+2/p-2. The van der Waals surface area contributed by atoms with Crippen LogP contribution in [0.2, 0.25) is 0 Å². The van der Waals surface area contributed by atoms with Crippen molar-refractivity contribution in [1.29, 1.82) is 0 Å². The Morgan fingerprint density at radius 3 is 1.18 bits per heavy atom.